The molecule has 0 amide bonds. The highest BCUT2D eigenvalue weighted by atomic mass is 16.3. The van der Waals surface area contributed by atoms with Crippen LogP contribution in [-0.2, 0) is 44.9 Å². The van der Waals surface area contributed by atoms with Crippen LogP contribution in [0.25, 0.3) is 0 Å². The fourth-order valence-electron chi connectivity index (χ4n) is 7.85. The van der Waals surface area contributed by atoms with Gasteiger partial charge in [-0.3, -0.25) is 0 Å². The van der Waals surface area contributed by atoms with E-state index in [-0.39, 0.29) is 85.5 Å². The summed E-state index contributed by atoms with van der Waals surface area (Å²) in [6.07, 6.45) is 0.795. The molecule has 326 valence electrons. The van der Waals surface area contributed by atoms with Crippen LogP contribution in [0, 0.1) is 5.92 Å². The monoisotopic (exact) mass is 854 g/mol. The maximum Gasteiger partial charge on any atom is 0.200 e. The second-order valence-corrected chi connectivity index (χ2v) is 15.4. The largest absolute Gasteiger partial charge is 0.508 e. The number of benzene rings is 6. The minimum absolute atomic E-state index is 0.00384. The topological polar surface area (TPSA) is 324 Å². The second kappa shape index (κ2) is 17.8. The maximum atomic E-state index is 11.2. The summed E-state index contributed by atoms with van der Waals surface area (Å²) >= 11 is 0. The smallest absolute Gasteiger partial charge is 0.200 e. The standard InChI is InChI=1S/C46H46O16/c47-31-15-24(16-32(48)28(31)5-2-22-11-37(53)44(60)38(54)12-22)7-26(4-1-21-9-35(51)43(59)36(52)10-21)30(27-19-41(57)46(62)42(58)20-27)8-25-17-33(49)29(34(50)18-25)6-3-23-13-39(55)45(61)40(56)14-23/h9-20,26,30,47-62H,1-8H2/t26-,30-/m0/s1. The van der Waals surface area contributed by atoms with E-state index in [1.54, 1.807) is 0 Å². The summed E-state index contributed by atoms with van der Waals surface area (Å²) in [5.74, 6) is -10.1. The Morgan fingerprint density at radius 3 is 0.887 bits per heavy atom. The van der Waals surface area contributed by atoms with Crippen molar-refractivity contribution < 1.29 is 81.7 Å². The highest BCUT2D eigenvalue weighted by Crippen LogP contribution is 2.45. The van der Waals surface area contributed by atoms with Gasteiger partial charge in [-0.15, -0.1) is 0 Å². The molecule has 0 saturated carbocycles. The molecule has 0 saturated heterocycles. The third-order valence-electron chi connectivity index (χ3n) is 11.1. The quantitative estimate of drug-likeness (QED) is 0.0499. The molecule has 6 aromatic rings. The van der Waals surface area contributed by atoms with Gasteiger partial charge in [-0.2, -0.15) is 0 Å². The van der Waals surface area contributed by atoms with E-state index in [2.05, 4.69) is 0 Å². The molecule has 16 heteroatoms. The van der Waals surface area contributed by atoms with Gasteiger partial charge >= 0.3 is 0 Å². The van der Waals surface area contributed by atoms with Crippen LogP contribution in [0.15, 0.2) is 72.8 Å². The van der Waals surface area contributed by atoms with Crippen LogP contribution >= 0.6 is 0 Å². The number of phenolic OH excluding ortho intramolecular Hbond substituents is 16. The van der Waals surface area contributed by atoms with Crippen LogP contribution in [-0.4, -0.2) is 81.7 Å². The molecule has 6 rings (SSSR count). The van der Waals surface area contributed by atoms with Crippen molar-refractivity contribution in [1.29, 1.82) is 0 Å². The number of hydrogen-bond donors (Lipinski definition) is 16. The van der Waals surface area contributed by atoms with Gasteiger partial charge in [0.25, 0.3) is 0 Å². The van der Waals surface area contributed by atoms with Crippen molar-refractivity contribution in [2.45, 2.75) is 57.3 Å². The third kappa shape index (κ3) is 9.60. The molecule has 0 aliphatic carbocycles. The minimum Gasteiger partial charge on any atom is -0.508 e. The lowest BCUT2D eigenvalue weighted by Crippen LogP contribution is -2.19. The fraction of sp³-hybridized carbons (Fsp3) is 0.217. The van der Waals surface area contributed by atoms with Crippen molar-refractivity contribution in [3.63, 3.8) is 0 Å². The molecular formula is C46H46O16. The van der Waals surface area contributed by atoms with Gasteiger partial charge in [0.2, 0.25) is 0 Å². The highest BCUT2D eigenvalue weighted by molar-refractivity contribution is 5.56. The molecule has 2 atom stereocenters. The van der Waals surface area contributed by atoms with Crippen LogP contribution in [0.4, 0.5) is 0 Å². The number of aromatic hydroxyl groups is 16. The number of hydrogen-bond acceptors (Lipinski definition) is 16. The van der Waals surface area contributed by atoms with Gasteiger partial charge in [-0.25, -0.2) is 0 Å². The Labute approximate surface area is 353 Å². The molecule has 6 aromatic carbocycles. The third-order valence-corrected chi connectivity index (χ3v) is 11.1. The summed E-state index contributed by atoms with van der Waals surface area (Å²) < 4.78 is 0. The molecule has 0 aliphatic rings. The zero-order valence-corrected chi connectivity index (χ0v) is 32.9. The minimum atomic E-state index is -0.780. The van der Waals surface area contributed by atoms with E-state index in [1.807, 2.05) is 0 Å². The molecule has 0 heterocycles. The fourth-order valence-corrected chi connectivity index (χ4v) is 7.85. The summed E-state index contributed by atoms with van der Waals surface area (Å²) in [7, 11) is 0. The van der Waals surface area contributed by atoms with Crippen molar-refractivity contribution in [3.05, 3.63) is 117 Å². The highest BCUT2D eigenvalue weighted by Gasteiger charge is 2.28. The van der Waals surface area contributed by atoms with Gasteiger partial charge in [0, 0.05) is 11.1 Å². The molecule has 62 heavy (non-hydrogen) atoms. The van der Waals surface area contributed by atoms with E-state index in [9.17, 15) is 81.7 Å². The van der Waals surface area contributed by atoms with E-state index in [1.165, 1.54) is 72.8 Å². The van der Waals surface area contributed by atoms with Gasteiger partial charge < -0.3 is 81.7 Å². The summed E-state index contributed by atoms with van der Waals surface area (Å²) in [6.45, 7) is 0. The first-order chi connectivity index (χ1) is 29.3. The van der Waals surface area contributed by atoms with E-state index >= 15 is 0 Å². The normalized spacial score (nSPS) is 12.3. The Hall–Kier alpha value is -7.88. The van der Waals surface area contributed by atoms with Gasteiger partial charge in [0.05, 0.1) is 0 Å². The van der Waals surface area contributed by atoms with Gasteiger partial charge in [-0.1, -0.05) is 0 Å². The van der Waals surface area contributed by atoms with Crippen LogP contribution in [0.3, 0.4) is 0 Å². The zero-order chi connectivity index (χ0) is 45.2. The Morgan fingerprint density at radius 2 is 0.548 bits per heavy atom. The second-order valence-electron chi connectivity index (χ2n) is 15.4. The van der Waals surface area contributed by atoms with Crippen molar-refractivity contribution in [3.8, 4) is 92.0 Å². The first-order valence-electron chi connectivity index (χ1n) is 19.3. The molecule has 0 radical (unpaired) electrons. The molecule has 0 aliphatic heterocycles. The SMILES string of the molecule is Oc1cc(CCc2c(O)cc(C[C@H](CCc3cc(O)c(O)c(O)c3)[C@H](Cc3cc(O)c(CCc4cc(O)c(O)c(O)c4)c(O)c3)c3cc(O)c(O)c(O)c3)cc2O)cc(O)c1O. The predicted molar refractivity (Wildman–Crippen MR) is 222 cm³/mol. The molecule has 0 aromatic heterocycles. The van der Waals surface area contributed by atoms with Gasteiger partial charge in [0.15, 0.2) is 69.0 Å². The summed E-state index contributed by atoms with van der Waals surface area (Å²) in [5.41, 5.74) is 2.55. The van der Waals surface area contributed by atoms with E-state index < -0.39 is 80.8 Å². The lowest BCUT2D eigenvalue weighted by atomic mass is 9.75. The lowest BCUT2D eigenvalue weighted by Gasteiger charge is -2.29. The Bertz CT molecular complexity index is 2500. The van der Waals surface area contributed by atoms with Crippen molar-refractivity contribution in [2.75, 3.05) is 0 Å². The average molecular weight is 855 g/mol. The number of rotatable bonds is 15. The summed E-state index contributed by atoms with van der Waals surface area (Å²) in [6, 6.07) is 15.6. The first-order valence-corrected chi connectivity index (χ1v) is 19.3. The van der Waals surface area contributed by atoms with E-state index in [0.717, 1.165) is 0 Å². The van der Waals surface area contributed by atoms with Crippen LogP contribution < -0.4 is 0 Å². The predicted octanol–water partition coefficient (Wildman–Crippen LogP) is 6.36. The van der Waals surface area contributed by atoms with Crippen LogP contribution in [0.5, 0.6) is 92.0 Å². The molecular weight excluding hydrogens is 808 g/mol. The van der Waals surface area contributed by atoms with Crippen molar-refractivity contribution in [1.82, 2.24) is 0 Å². The lowest BCUT2D eigenvalue weighted by molar-refractivity contribution is 0.356. The van der Waals surface area contributed by atoms with Crippen LogP contribution in [0.2, 0.25) is 0 Å². The Kier molecular flexibility index (Phi) is 12.5. The zero-order valence-electron chi connectivity index (χ0n) is 32.9. The van der Waals surface area contributed by atoms with Crippen molar-refractivity contribution >= 4 is 0 Å². The molecule has 16 nitrogen and oxygen atoms in total. The Balaban J connectivity index is 1.36. The number of aryl methyl sites for hydroxylation is 3. The summed E-state index contributed by atoms with van der Waals surface area (Å²) in [5, 5.41) is 166. The molecule has 16 N–H and O–H groups in total. The average Bonchev–Trinajstić information content (AvgIpc) is 3.19. The van der Waals surface area contributed by atoms with Gasteiger partial charge in [0.1, 0.15) is 23.0 Å². The van der Waals surface area contributed by atoms with E-state index in [0.29, 0.717) is 33.4 Å². The summed E-state index contributed by atoms with van der Waals surface area (Å²) in [4.78, 5) is 0. The first kappa shape index (κ1) is 43.7. The van der Waals surface area contributed by atoms with E-state index in [4.69, 9.17) is 0 Å². The number of phenols is 16. The molecule has 0 spiro atoms. The molecule has 0 fully saturated rings. The molecule has 0 bridgehead atoms. The van der Waals surface area contributed by atoms with Gasteiger partial charge in [-0.05, 0) is 169 Å². The van der Waals surface area contributed by atoms with Crippen LogP contribution in [0.1, 0.15) is 56.8 Å². The maximum absolute atomic E-state index is 11.2. The Morgan fingerprint density at radius 1 is 0.274 bits per heavy atom. The molecule has 0 unspecified atom stereocenters. The van der Waals surface area contributed by atoms with Crippen molar-refractivity contribution in [2.24, 2.45) is 5.92 Å².